The highest BCUT2D eigenvalue weighted by molar-refractivity contribution is 5.52. The van der Waals surface area contributed by atoms with E-state index in [1.165, 1.54) is 19.3 Å². The molecule has 0 amide bonds. The Balaban J connectivity index is 1.46. The van der Waals surface area contributed by atoms with Gasteiger partial charge in [0.2, 0.25) is 17.7 Å². The molecule has 2 fully saturated rings. The number of hydrogen-bond donors (Lipinski definition) is 0. The third-order valence-corrected chi connectivity index (χ3v) is 5.46. The molecular formula is C20H29N7O2. The topological polar surface area (TPSA) is 79.7 Å². The molecule has 4 rings (SSSR count). The summed E-state index contributed by atoms with van der Waals surface area (Å²) in [6.45, 7) is 7.44. The van der Waals surface area contributed by atoms with Crippen LogP contribution in [0.5, 0.6) is 11.8 Å². The predicted octanol–water partition coefficient (Wildman–Crippen LogP) is 1.91. The summed E-state index contributed by atoms with van der Waals surface area (Å²) in [5, 5.41) is 0. The van der Waals surface area contributed by atoms with Crippen LogP contribution in [0.25, 0.3) is 0 Å². The van der Waals surface area contributed by atoms with Gasteiger partial charge in [0.25, 0.3) is 0 Å². The van der Waals surface area contributed by atoms with Gasteiger partial charge in [-0.05, 0) is 26.2 Å². The minimum atomic E-state index is 0.506. The lowest BCUT2D eigenvalue weighted by atomic mass is 10.1. The predicted molar refractivity (Wildman–Crippen MR) is 112 cm³/mol. The maximum Gasteiger partial charge on any atom is 0.232 e. The van der Waals surface area contributed by atoms with E-state index < -0.39 is 0 Å². The highest BCUT2D eigenvalue weighted by Gasteiger charge is 2.23. The van der Waals surface area contributed by atoms with Crippen LogP contribution >= 0.6 is 0 Å². The minimum absolute atomic E-state index is 0.506. The average molecular weight is 399 g/mol. The van der Waals surface area contributed by atoms with Gasteiger partial charge in [0, 0.05) is 45.3 Å². The molecular weight excluding hydrogens is 370 g/mol. The number of rotatable bonds is 5. The number of aryl methyl sites for hydroxylation is 1. The number of piperidine rings is 1. The zero-order valence-corrected chi connectivity index (χ0v) is 17.5. The first kappa shape index (κ1) is 19.5. The maximum absolute atomic E-state index is 5.27. The molecule has 0 radical (unpaired) electrons. The highest BCUT2D eigenvalue weighted by atomic mass is 16.5. The molecule has 2 saturated heterocycles. The Morgan fingerprint density at radius 1 is 0.655 bits per heavy atom. The van der Waals surface area contributed by atoms with Crippen molar-refractivity contribution in [1.82, 2.24) is 19.9 Å². The molecule has 0 atom stereocenters. The second-order valence-corrected chi connectivity index (χ2v) is 7.41. The fourth-order valence-electron chi connectivity index (χ4n) is 3.86. The van der Waals surface area contributed by atoms with Gasteiger partial charge >= 0.3 is 0 Å². The van der Waals surface area contributed by atoms with Crippen LogP contribution in [-0.4, -0.2) is 73.4 Å². The fraction of sp³-hybridized carbons (Fsp3) is 0.600. The van der Waals surface area contributed by atoms with E-state index in [2.05, 4.69) is 35.7 Å². The van der Waals surface area contributed by atoms with Crippen molar-refractivity contribution < 1.29 is 9.47 Å². The molecule has 29 heavy (non-hydrogen) atoms. The number of piperazine rings is 1. The van der Waals surface area contributed by atoms with E-state index in [0.717, 1.165) is 56.7 Å². The molecule has 2 aromatic rings. The Kier molecular flexibility index (Phi) is 5.82. The van der Waals surface area contributed by atoms with E-state index in [4.69, 9.17) is 14.5 Å². The van der Waals surface area contributed by atoms with Gasteiger partial charge in [-0.2, -0.15) is 9.97 Å². The summed E-state index contributed by atoms with van der Waals surface area (Å²) in [4.78, 5) is 25.2. The number of aromatic nitrogens is 4. The monoisotopic (exact) mass is 399 g/mol. The molecule has 2 aliphatic heterocycles. The molecule has 4 heterocycles. The zero-order valence-electron chi connectivity index (χ0n) is 17.5. The summed E-state index contributed by atoms with van der Waals surface area (Å²) in [5.74, 6) is 4.52. The number of ether oxygens (including phenoxy) is 2. The van der Waals surface area contributed by atoms with Crippen LogP contribution in [-0.2, 0) is 0 Å². The minimum Gasteiger partial charge on any atom is -0.481 e. The number of nitrogens with zero attached hydrogens (tertiary/aromatic N) is 7. The van der Waals surface area contributed by atoms with Gasteiger partial charge in [-0.3, -0.25) is 0 Å². The summed E-state index contributed by atoms with van der Waals surface area (Å²) in [7, 11) is 3.20. The van der Waals surface area contributed by atoms with Gasteiger partial charge in [-0.25, -0.2) is 9.97 Å². The van der Waals surface area contributed by atoms with Crippen molar-refractivity contribution in [3.05, 3.63) is 18.0 Å². The summed E-state index contributed by atoms with van der Waals surface area (Å²) in [5.41, 5.74) is 0. The molecule has 0 saturated carbocycles. The summed E-state index contributed by atoms with van der Waals surface area (Å²) in [6.07, 6.45) is 3.79. The molecule has 0 unspecified atom stereocenters. The molecule has 2 aromatic heterocycles. The van der Waals surface area contributed by atoms with Gasteiger partial charge < -0.3 is 24.2 Å². The van der Waals surface area contributed by atoms with Crippen molar-refractivity contribution >= 4 is 17.6 Å². The quantitative estimate of drug-likeness (QED) is 0.749. The Hall–Kier alpha value is -2.84. The molecule has 0 aromatic carbocycles. The van der Waals surface area contributed by atoms with Gasteiger partial charge in [-0.15, -0.1) is 0 Å². The zero-order chi connectivity index (χ0) is 20.2. The van der Waals surface area contributed by atoms with Crippen molar-refractivity contribution in [2.75, 3.05) is 68.2 Å². The van der Waals surface area contributed by atoms with Crippen LogP contribution in [0.1, 0.15) is 25.1 Å². The third-order valence-electron chi connectivity index (χ3n) is 5.46. The van der Waals surface area contributed by atoms with Crippen molar-refractivity contribution in [3.8, 4) is 11.8 Å². The van der Waals surface area contributed by atoms with Crippen molar-refractivity contribution in [2.45, 2.75) is 26.2 Å². The van der Waals surface area contributed by atoms with Crippen LogP contribution in [0.4, 0.5) is 17.6 Å². The van der Waals surface area contributed by atoms with Crippen molar-refractivity contribution in [3.63, 3.8) is 0 Å². The molecule has 0 spiro atoms. The first-order valence-corrected chi connectivity index (χ1v) is 10.2. The van der Waals surface area contributed by atoms with Crippen molar-refractivity contribution in [1.29, 1.82) is 0 Å². The standard InChI is InChI=1S/C20H29N7O2/c1-15-21-16(25-7-5-4-6-8-25)13-17(22-15)26-9-11-27(12-10-26)20-23-18(28-2)14-19(24-20)29-3/h13-14H,4-12H2,1-3H3. The van der Waals surface area contributed by atoms with Gasteiger partial charge in [0.1, 0.15) is 17.5 Å². The van der Waals surface area contributed by atoms with E-state index in [9.17, 15) is 0 Å². The first-order chi connectivity index (χ1) is 14.2. The van der Waals surface area contributed by atoms with E-state index in [0.29, 0.717) is 17.7 Å². The lowest BCUT2D eigenvalue weighted by Gasteiger charge is -2.36. The van der Waals surface area contributed by atoms with E-state index in [-0.39, 0.29) is 0 Å². The van der Waals surface area contributed by atoms with Gasteiger partial charge in [0.15, 0.2) is 0 Å². The average Bonchev–Trinajstić information content (AvgIpc) is 2.79. The largest absolute Gasteiger partial charge is 0.481 e. The van der Waals surface area contributed by atoms with Crippen LogP contribution in [0.3, 0.4) is 0 Å². The summed E-state index contributed by atoms with van der Waals surface area (Å²) < 4.78 is 10.5. The lowest BCUT2D eigenvalue weighted by molar-refractivity contribution is 0.371. The summed E-state index contributed by atoms with van der Waals surface area (Å²) >= 11 is 0. The van der Waals surface area contributed by atoms with Gasteiger partial charge in [-0.1, -0.05) is 0 Å². The van der Waals surface area contributed by atoms with Gasteiger partial charge in [0.05, 0.1) is 20.3 Å². The Morgan fingerprint density at radius 3 is 1.72 bits per heavy atom. The second kappa shape index (κ2) is 8.67. The number of anilines is 3. The fourth-order valence-corrected chi connectivity index (χ4v) is 3.86. The molecule has 9 nitrogen and oxygen atoms in total. The van der Waals surface area contributed by atoms with Crippen LogP contribution < -0.4 is 24.2 Å². The normalized spacial score (nSPS) is 17.4. The van der Waals surface area contributed by atoms with E-state index >= 15 is 0 Å². The molecule has 2 aliphatic rings. The summed E-state index contributed by atoms with van der Waals surface area (Å²) in [6, 6.07) is 3.82. The molecule has 0 N–H and O–H groups in total. The molecule has 0 bridgehead atoms. The number of methoxy groups -OCH3 is 2. The Morgan fingerprint density at radius 2 is 1.17 bits per heavy atom. The lowest BCUT2D eigenvalue weighted by Crippen LogP contribution is -2.47. The van der Waals surface area contributed by atoms with E-state index in [1.54, 1.807) is 20.3 Å². The van der Waals surface area contributed by atoms with E-state index in [1.807, 2.05) is 6.92 Å². The van der Waals surface area contributed by atoms with Crippen LogP contribution in [0, 0.1) is 6.92 Å². The molecule has 156 valence electrons. The smallest absolute Gasteiger partial charge is 0.232 e. The third kappa shape index (κ3) is 4.44. The van der Waals surface area contributed by atoms with Crippen LogP contribution in [0.15, 0.2) is 12.1 Å². The molecule has 0 aliphatic carbocycles. The second-order valence-electron chi connectivity index (χ2n) is 7.41. The Bertz CT molecular complexity index is 811. The van der Waals surface area contributed by atoms with Crippen molar-refractivity contribution in [2.24, 2.45) is 0 Å². The SMILES string of the molecule is COc1cc(OC)nc(N2CCN(c3cc(N4CCCCC4)nc(C)n3)CC2)n1. The number of hydrogen-bond acceptors (Lipinski definition) is 9. The first-order valence-electron chi connectivity index (χ1n) is 10.2. The maximum atomic E-state index is 5.27. The highest BCUT2D eigenvalue weighted by Crippen LogP contribution is 2.25. The molecule has 9 heteroatoms. The van der Waals surface area contributed by atoms with Crippen LogP contribution in [0.2, 0.25) is 0 Å². The Labute approximate surface area is 171 Å².